The number of H-pyrrole nitrogens is 1. The van der Waals surface area contributed by atoms with Crippen LogP contribution in [0.5, 0.6) is 0 Å². The fourth-order valence-corrected chi connectivity index (χ4v) is 2.64. The average molecular weight is 333 g/mol. The van der Waals surface area contributed by atoms with Crippen molar-refractivity contribution < 1.29 is 4.79 Å². The van der Waals surface area contributed by atoms with Crippen molar-refractivity contribution in [1.29, 1.82) is 0 Å². The van der Waals surface area contributed by atoms with E-state index in [2.05, 4.69) is 10.3 Å². The Labute approximate surface area is 138 Å². The summed E-state index contributed by atoms with van der Waals surface area (Å²) in [5.74, 6) is -0.158. The van der Waals surface area contributed by atoms with E-state index in [9.17, 15) is 4.79 Å². The van der Waals surface area contributed by atoms with E-state index < -0.39 is 0 Å². The molecule has 112 valence electrons. The number of carbonyl (C=O) groups is 1. The second-order valence-electron chi connectivity index (χ2n) is 5.16. The molecule has 3 nitrogen and oxygen atoms in total. The number of aromatic amines is 1. The number of aromatic nitrogens is 1. The van der Waals surface area contributed by atoms with Gasteiger partial charge in [-0.1, -0.05) is 35.3 Å². The Morgan fingerprint density at radius 3 is 2.45 bits per heavy atom. The summed E-state index contributed by atoms with van der Waals surface area (Å²) in [6, 6.07) is 14.6. The second-order valence-corrected chi connectivity index (χ2v) is 6.03. The third kappa shape index (κ3) is 3.11. The van der Waals surface area contributed by atoms with Gasteiger partial charge in [0.05, 0.1) is 6.04 Å². The molecule has 22 heavy (non-hydrogen) atoms. The number of hydrogen-bond donors (Lipinski definition) is 2. The van der Waals surface area contributed by atoms with Crippen LogP contribution in [0.25, 0.3) is 10.9 Å². The summed E-state index contributed by atoms with van der Waals surface area (Å²) in [4.78, 5) is 15.4. The Balaban J connectivity index is 1.79. The molecular formula is C17H14Cl2N2O. The predicted octanol–water partition coefficient (Wildman–Crippen LogP) is 4.97. The van der Waals surface area contributed by atoms with E-state index in [0.717, 1.165) is 16.5 Å². The molecule has 0 aliphatic rings. The maximum Gasteiger partial charge on any atom is 0.268 e. The number of rotatable bonds is 3. The number of benzene rings is 2. The van der Waals surface area contributed by atoms with E-state index in [1.165, 1.54) is 0 Å². The average Bonchev–Trinajstić information content (AvgIpc) is 2.91. The summed E-state index contributed by atoms with van der Waals surface area (Å²) in [6.07, 6.45) is 0. The highest BCUT2D eigenvalue weighted by molar-refractivity contribution is 6.31. The number of nitrogens with one attached hydrogen (secondary N) is 2. The van der Waals surface area contributed by atoms with Crippen molar-refractivity contribution in [1.82, 2.24) is 10.3 Å². The Kier molecular flexibility index (Phi) is 4.10. The quantitative estimate of drug-likeness (QED) is 0.699. The summed E-state index contributed by atoms with van der Waals surface area (Å²) in [6.45, 7) is 1.93. The highest BCUT2D eigenvalue weighted by Gasteiger charge is 2.13. The van der Waals surface area contributed by atoms with Crippen molar-refractivity contribution in [3.05, 3.63) is 69.8 Å². The second kappa shape index (κ2) is 6.03. The van der Waals surface area contributed by atoms with Gasteiger partial charge in [-0.3, -0.25) is 4.79 Å². The number of amides is 1. The molecule has 0 aliphatic heterocycles. The molecule has 0 spiro atoms. The maximum atomic E-state index is 12.3. The minimum Gasteiger partial charge on any atom is -0.351 e. The first-order chi connectivity index (χ1) is 10.5. The van der Waals surface area contributed by atoms with Gasteiger partial charge in [0, 0.05) is 20.9 Å². The van der Waals surface area contributed by atoms with Gasteiger partial charge in [0.15, 0.2) is 0 Å². The molecule has 3 rings (SSSR count). The molecule has 0 saturated carbocycles. The predicted molar refractivity (Wildman–Crippen MR) is 90.6 cm³/mol. The topological polar surface area (TPSA) is 44.9 Å². The fraction of sp³-hybridized carbons (Fsp3) is 0.118. The van der Waals surface area contributed by atoms with Crippen LogP contribution in [0.3, 0.4) is 0 Å². The van der Waals surface area contributed by atoms with E-state index >= 15 is 0 Å². The number of hydrogen-bond acceptors (Lipinski definition) is 1. The molecule has 2 N–H and O–H groups in total. The van der Waals surface area contributed by atoms with Gasteiger partial charge in [0.2, 0.25) is 0 Å². The molecule has 0 radical (unpaired) electrons. The van der Waals surface area contributed by atoms with E-state index in [1.54, 1.807) is 12.1 Å². The Hall–Kier alpha value is -1.97. The fourth-order valence-electron chi connectivity index (χ4n) is 2.34. The van der Waals surface area contributed by atoms with Crippen LogP contribution in [0.2, 0.25) is 10.0 Å². The first kappa shape index (κ1) is 14.9. The summed E-state index contributed by atoms with van der Waals surface area (Å²) in [7, 11) is 0. The van der Waals surface area contributed by atoms with Crippen LogP contribution in [0.4, 0.5) is 0 Å². The van der Waals surface area contributed by atoms with E-state index in [4.69, 9.17) is 23.2 Å². The molecule has 1 amide bonds. The third-order valence-electron chi connectivity index (χ3n) is 3.55. The van der Waals surface area contributed by atoms with Gasteiger partial charge >= 0.3 is 0 Å². The Morgan fingerprint density at radius 1 is 1.05 bits per heavy atom. The molecule has 0 saturated heterocycles. The maximum absolute atomic E-state index is 12.3. The van der Waals surface area contributed by atoms with Gasteiger partial charge in [-0.2, -0.15) is 0 Å². The zero-order valence-electron chi connectivity index (χ0n) is 11.9. The largest absolute Gasteiger partial charge is 0.351 e. The normalized spacial score (nSPS) is 12.3. The van der Waals surface area contributed by atoms with Crippen LogP contribution in [0.1, 0.15) is 29.0 Å². The first-order valence-electron chi connectivity index (χ1n) is 6.87. The van der Waals surface area contributed by atoms with E-state index in [1.807, 2.05) is 43.3 Å². The number of halogens is 2. The number of fused-ring (bicyclic) bond motifs is 1. The highest BCUT2D eigenvalue weighted by atomic mass is 35.5. The SMILES string of the molecule is C[C@H](NC(=O)c1cc2cc(Cl)ccc2[nH]1)c1ccc(Cl)cc1. The van der Waals surface area contributed by atoms with Crippen molar-refractivity contribution in [3.8, 4) is 0 Å². The third-order valence-corrected chi connectivity index (χ3v) is 4.03. The molecule has 0 fully saturated rings. The summed E-state index contributed by atoms with van der Waals surface area (Å²) >= 11 is 11.8. The van der Waals surface area contributed by atoms with E-state index in [-0.39, 0.29) is 11.9 Å². The van der Waals surface area contributed by atoms with Crippen molar-refractivity contribution in [2.75, 3.05) is 0 Å². The van der Waals surface area contributed by atoms with Crippen LogP contribution in [-0.4, -0.2) is 10.9 Å². The summed E-state index contributed by atoms with van der Waals surface area (Å²) in [5.41, 5.74) is 2.39. The zero-order valence-corrected chi connectivity index (χ0v) is 13.4. The van der Waals surface area contributed by atoms with Crippen LogP contribution in [0, 0.1) is 0 Å². The molecule has 3 aromatic rings. The molecule has 1 atom stereocenters. The lowest BCUT2D eigenvalue weighted by Gasteiger charge is -2.13. The lowest BCUT2D eigenvalue weighted by Crippen LogP contribution is -2.26. The zero-order chi connectivity index (χ0) is 15.7. The van der Waals surface area contributed by atoms with Gasteiger partial charge in [0.1, 0.15) is 5.69 Å². The monoisotopic (exact) mass is 332 g/mol. The van der Waals surface area contributed by atoms with Crippen molar-refractivity contribution >= 4 is 40.0 Å². The van der Waals surface area contributed by atoms with Crippen molar-refractivity contribution in [2.45, 2.75) is 13.0 Å². The lowest BCUT2D eigenvalue weighted by atomic mass is 10.1. The van der Waals surface area contributed by atoms with Gasteiger partial charge in [0.25, 0.3) is 5.91 Å². The smallest absolute Gasteiger partial charge is 0.268 e. The molecule has 0 aliphatic carbocycles. The first-order valence-corrected chi connectivity index (χ1v) is 7.63. The van der Waals surface area contributed by atoms with Gasteiger partial charge in [-0.15, -0.1) is 0 Å². The van der Waals surface area contributed by atoms with Gasteiger partial charge < -0.3 is 10.3 Å². The standard InChI is InChI=1S/C17H14Cl2N2O/c1-10(11-2-4-13(18)5-3-11)20-17(22)16-9-12-8-14(19)6-7-15(12)21-16/h2-10,21H,1H3,(H,20,22)/t10-/m0/s1. The minimum absolute atomic E-state index is 0.111. The Morgan fingerprint density at radius 2 is 1.73 bits per heavy atom. The van der Waals surface area contributed by atoms with Gasteiger partial charge in [-0.25, -0.2) is 0 Å². The van der Waals surface area contributed by atoms with Gasteiger partial charge in [-0.05, 0) is 48.9 Å². The van der Waals surface area contributed by atoms with Crippen LogP contribution in [-0.2, 0) is 0 Å². The summed E-state index contributed by atoms with van der Waals surface area (Å²) in [5, 5.41) is 5.20. The van der Waals surface area contributed by atoms with Crippen molar-refractivity contribution in [2.24, 2.45) is 0 Å². The van der Waals surface area contributed by atoms with E-state index in [0.29, 0.717) is 15.7 Å². The van der Waals surface area contributed by atoms with Crippen LogP contribution < -0.4 is 5.32 Å². The Bertz CT molecular complexity index is 824. The highest BCUT2D eigenvalue weighted by Crippen LogP contribution is 2.21. The molecule has 0 unspecified atom stereocenters. The number of carbonyl (C=O) groups excluding carboxylic acids is 1. The molecular weight excluding hydrogens is 319 g/mol. The van der Waals surface area contributed by atoms with Crippen molar-refractivity contribution in [3.63, 3.8) is 0 Å². The lowest BCUT2D eigenvalue weighted by molar-refractivity contribution is 0.0935. The van der Waals surface area contributed by atoms with Crippen LogP contribution in [0.15, 0.2) is 48.5 Å². The summed E-state index contributed by atoms with van der Waals surface area (Å²) < 4.78 is 0. The molecule has 5 heteroatoms. The van der Waals surface area contributed by atoms with Crippen LogP contribution >= 0.6 is 23.2 Å². The molecule has 1 aromatic heterocycles. The molecule has 1 heterocycles. The molecule has 2 aromatic carbocycles. The minimum atomic E-state index is -0.158. The molecule has 0 bridgehead atoms.